The highest BCUT2D eigenvalue weighted by atomic mass is 16.2. The lowest BCUT2D eigenvalue weighted by atomic mass is 9.89. The first-order valence-corrected chi connectivity index (χ1v) is 24.0. The maximum absolute atomic E-state index is 13.6. The maximum atomic E-state index is 13.6. The third-order valence-electron chi connectivity index (χ3n) is 14.5. The van der Waals surface area contributed by atoms with E-state index in [4.69, 9.17) is 0 Å². The van der Waals surface area contributed by atoms with Crippen LogP contribution in [-0.4, -0.2) is 94.4 Å². The zero-order chi connectivity index (χ0) is 45.9. The van der Waals surface area contributed by atoms with Gasteiger partial charge in [-0.1, -0.05) is 54.3 Å². The SMILES string of the molecule is Cc1ccc(NC2CNC2)cc1C(=O)N[C@H](C)c1ccc(C#CC2CCN(CCCCC(=O)N3CCC(c4ccc5c(c4)n(C)c(=O)n5C4CCC(=O)NC4=O)CC3)CC2)c2ccccc12. The molecule has 2 atom stereocenters. The van der Waals surface area contributed by atoms with E-state index in [0.29, 0.717) is 35.9 Å². The van der Waals surface area contributed by atoms with Crippen LogP contribution < -0.4 is 27.0 Å². The van der Waals surface area contributed by atoms with Crippen LogP contribution in [0.4, 0.5) is 5.69 Å². The van der Waals surface area contributed by atoms with Gasteiger partial charge in [0.2, 0.25) is 17.7 Å². The van der Waals surface area contributed by atoms with Gasteiger partial charge in [0.15, 0.2) is 0 Å². The fourth-order valence-electron chi connectivity index (χ4n) is 10.3. The van der Waals surface area contributed by atoms with Crippen LogP contribution in [0, 0.1) is 24.7 Å². The number of nitrogens with one attached hydrogen (secondary N) is 4. The Bertz CT molecular complexity index is 2780. The van der Waals surface area contributed by atoms with E-state index in [0.717, 1.165) is 129 Å². The number of hydrogen-bond acceptors (Lipinski definition) is 8. The van der Waals surface area contributed by atoms with E-state index in [1.165, 1.54) is 4.57 Å². The Hall–Kier alpha value is -6.23. The van der Waals surface area contributed by atoms with Gasteiger partial charge in [-0.2, -0.15) is 0 Å². The van der Waals surface area contributed by atoms with Gasteiger partial charge in [-0.15, -0.1) is 0 Å². The van der Waals surface area contributed by atoms with Crippen molar-refractivity contribution in [2.24, 2.45) is 13.0 Å². The highest BCUT2D eigenvalue weighted by Gasteiger charge is 2.32. The Balaban J connectivity index is 0.713. The van der Waals surface area contributed by atoms with Crippen molar-refractivity contribution < 1.29 is 19.2 Å². The molecule has 66 heavy (non-hydrogen) atoms. The molecule has 344 valence electrons. The first-order chi connectivity index (χ1) is 32.0. The molecule has 4 aromatic carbocycles. The monoisotopic (exact) mass is 890 g/mol. The number of nitrogens with zero attached hydrogens (tertiary/aromatic N) is 4. The summed E-state index contributed by atoms with van der Waals surface area (Å²) in [5.74, 6) is 7.17. The number of imide groups is 1. The Morgan fingerprint density at radius 3 is 2.36 bits per heavy atom. The van der Waals surface area contributed by atoms with Crippen molar-refractivity contribution in [1.29, 1.82) is 0 Å². The molecule has 13 nitrogen and oxygen atoms in total. The van der Waals surface area contributed by atoms with Crippen LogP contribution in [0.25, 0.3) is 21.8 Å². The smallest absolute Gasteiger partial charge is 0.329 e. The molecular weight excluding hydrogens is 829 g/mol. The van der Waals surface area contributed by atoms with Crippen LogP contribution in [0.1, 0.15) is 115 Å². The second kappa shape index (κ2) is 19.7. The molecule has 0 bridgehead atoms. The predicted molar refractivity (Wildman–Crippen MR) is 258 cm³/mol. The molecular formula is C53H62N8O5. The van der Waals surface area contributed by atoms with Gasteiger partial charge in [0.05, 0.1) is 23.1 Å². The number of aromatic nitrogens is 2. The molecule has 1 unspecified atom stereocenters. The van der Waals surface area contributed by atoms with Crippen LogP contribution in [0.15, 0.2) is 77.6 Å². The summed E-state index contributed by atoms with van der Waals surface area (Å²) < 4.78 is 3.10. The number of anilines is 1. The standard InChI is InChI=1S/C53H62N8O5/c1-34-11-16-40(56-41-32-54-33-41)31-45(34)51(64)55-35(2)42-17-14-38(43-8-4-5-9-44(42)43)13-12-36-21-26-59(27-22-36)25-7-6-10-50(63)60-28-23-37(24-29-60)39-15-18-46-48(30-39)58(3)53(66)61(46)47-19-20-49(62)57-52(47)65/h4-5,8-9,11,14-18,30-31,35-37,41,47,54,56H,6-7,10,19-29,32-33H2,1-3H3,(H,55,64)(H,57,62,65)/t35-,47?/m1/s1. The minimum absolute atomic E-state index is 0.0804. The predicted octanol–water partition coefficient (Wildman–Crippen LogP) is 6.29. The number of piperidine rings is 3. The fourth-order valence-corrected chi connectivity index (χ4v) is 10.3. The average Bonchev–Trinajstić information content (AvgIpc) is 3.56. The number of amides is 4. The number of fused-ring (bicyclic) bond motifs is 2. The zero-order valence-electron chi connectivity index (χ0n) is 38.5. The second-order valence-electron chi connectivity index (χ2n) is 18.9. The van der Waals surface area contributed by atoms with Crippen molar-refractivity contribution in [3.8, 4) is 11.8 Å². The van der Waals surface area contributed by atoms with E-state index in [2.05, 4.69) is 74.4 Å². The highest BCUT2D eigenvalue weighted by molar-refractivity contribution is 6.00. The number of carbonyl (C=O) groups excluding carboxylic acids is 4. The molecule has 5 heterocycles. The van der Waals surface area contributed by atoms with Gasteiger partial charge < -0.3 is 25.8 Å². The van der Waals surface area contributed by atoms with Crippen LogP contribution in [0.5, 0.6) is 0 Å². The van der Waals surface area contributed by atoms with Gasteiger partial charge in [0.1, 0.15) is 6.04 Å². The molecule has 4 aliphatic heterocycles. The number of imidazole rings is 1. The molecule has 0 radical (unpaired) electrons. The van der Waals surface area contributed by atoms with E-state index in [1.54, 1.807) is 11.6 Å². The highest BCUT2D eigenvalue weighted by Crippen LogP contribution is 2.33. The number of aryl methyl sites for hydroxylation is 2. The second-order valence-corrected chi connectivity index (χ2v) is 18.9. The average molecular weight is 891 g/mol. The lowest BCUT2D eigenvalue weighted by Gasteiger charge is -2.32. The van der Waals surface area contributed by atoms with Crippen LogP contribution in [-0.2, 0) is 21.4 Å². The van der Waals surface area contributed by atoms with E-state index >= 15 is 0 Å². The molecule has 4 fully saturated rings. The van der Waals surface area contributed by atoms with Crippen molar-refractivity contribution in [3.63, 3.8) is 0 Å². The number of likely N-dealkylation sites (tertiary alicyclic amines) is 2. The largest absolute Gasteiger partial charge is 0.380 e. The molecule has 4 aliphatic rings. The van der Waals surface area contributed by atoms with E-state index in [9.17, 15) is 24.0 Å². The molecule has 13 heteroatoms. The number of rotatable bonds is 12. The minimum Gasteiger partial charge on any atom is -0.380 e. The first kappa shape index (κ1) is 44.9. The number of hydrogen-bond donors (Lipinski definition) is 4. The Morgan fingerprint density at radius 1 is 0.848 bits per heavy atom. The molecule has 4 N–H and O–H groups in total. The van der Waals surface area contributed by atoms with E-state index in [1.807, 2.05) is 55.1 Å². The molecule has 0 aliphatic carbocycles. The normalized spacial score (nSPS) is 19.3. The molecule has 0 saturated carbocycles. The van der Waals surface area contributed by atoms with Gasteiger partial charge in [-0.05, 0) is 142 Å². The quantitative estimate of drug-likeness (QED) is 0.0649. The Labute approximate surface area is 386 Å². The summed E-state index contributed by atoms with van der Waals surface area (Å²) in [6.45, 7) is 10.3. The first-order valence-electron chi connectivity index (χ1n) is 24.0. The maximum Gasteiger partial charge on any atom is 0.329 e. The lowest BCUT2D eigenvalue weighted by molar-refractivity contribution is -0.136. The summed E-state index contributed by atoms with van der Waals surface area (Å²) in [4.78, 5) is 68.9. The summed E-state index contributed by atoms with van der Waals surface area (Å²) in [5, 5.41) is 14.6. The van der Waals surface area contributed by atoms with Crippen molar-refractivity contribution in [1.82, 2.24) is 34.9 Å². The van der Waals surface area contributed by atoms with Gasteiger partial charge in [-0.3, -0.25) is 33.6 Å². The van der Waals surface area contributed by atoms with E-state index in [-0.39, 0.29) is 41.8 Å². The summed E-state index contributed by atoms with van der Waals surface area (Å²) in [6, 6.07) is 24.1. The topological polar surface area (TPSA) is 150 Å². The third-order valence-corrected chi connectivity index (χ3v) is 14.5. The van der Waals surface area contributed by atoms with Crippen LogP contribution >= 0.6 is 0 Å². The number of unbranched alkanes of at least 4 members (excludes halogenated alkanes) is 1. The molecule has 4 amide bonds. The van der Waals surface area contributed by atoms with Crippen molar-refractivity contribution in [2.75, 3.05) is 51.1 Å². The van der Waals surface area contributed by atoms with Crippen molar-refractivity contribution >= 4 is 51.1 Å². The molecule has 5 aromatic rings. The summed E-state index contributed by atoms with van der Waals surface area (Å²) in [7, 11) is 1.72. The van der Waals surface area contributed by atoms with Gasteiger partial charge in [0.25, 0.3) is 5.91 Å². The Kier molecular flexibility index (Phi) is 13.4. The van der Waals surface area contributed by atoms with Gasteiger partial charge >= 0.3 is 5.69 Å². The third kappa shape index (κ3) is 9.67. The summed E-state index contributed by atoms with van der Waals surface area (Å²) >= 11 is 0. The summed E-state index contributed by atoms with van der Waals surface area (Å²) in [6.07, 6.45) is 6.74. The number of carbonyl (C=O) groups is 4. The molecule has 9 rings (SSSR count). The van der Waals surface area contributed by atoms with Crippen LogP contribution in [0.2, 0.25) is 0 Å². The van der Waals surface area contributed by atoms with Crippen LogP contribution in [0.3, 0.4) is 0 Å². The zero-order valence-corrected chi connectivity index (χ0v) is 38.5. The fraction of sp³-hybridized carbons (Fsp3) is 0.453. The van der Waals surface area contributed by atoms with Gasteiger partial charge in [0, 0.05) is 68.8 Å². The molecule has 1 aromatic heterocycles. The molecule has 0 spiro atoms. The van der Waals surface area contributed by atoms with E-state index < -0.39 is 11.9 Å². The molecule has 4 saturated heterocycles. The van der Waals surface area contributed by atoms with Gasteiger partial charge in [-0.25, -0.2) is 4.79 Å². The number of benzene rings is 4. The van der Waals surface area contributed by atoms with Crippen molar-refractivity contribution in [3.05, 3.63) is 111 Å². The van der Waals surface area contributed by atoms with Crippen molar-refractivity contribution in [2.45, 2.75) is 95.7 Å². The Morgan fingerprint density at radius 2 is 1.62 bits per heavy atom. The summed E-state index contributed by atoms with van der Waals surface area (Å²) in [5.41, 5.74) is 7.01. The minimum atomic E-state index is -0.703. The lowest BCUT2D eigenvalue weighted by Crippen LogP contribution is -2.51.